The molecule has 0 unspecified atom stereocenters. The molecule has 114 valence electrons. The minimum atomic E-state index is -0.325. The lowest BCUT2D eigenvalue weighted by Crippen LogP contribution is -2.30. The van der Waals surface area contributed by atoms with Crippen molar-refractivity contribution >= 4 is 11.8 Å². The lowest BCUT2D eigenvalue weighted by molar-refractivity contribution is -0.120. The maximum Gasteiger partial charge on any atom is 0.255 e. The molecule has 1 aromatic carbocycles. The fraction of sp³-hybridized carbons (Fsp3) is 0.188. The third-order valence-electron chi connectivity index (χ3n) is 3.12. The molecule has 6 heteroatoms. The zero-order chi connectivity index (χ0) is 15.9. The summed E-state index contributed by atoms with van der Waals surface area (Å²) in [6.07, 6.45) is 1.70. The van der Waals surface area contributed by atoms with Gasteiger partial charge in [-0.05, 0) is 18.2 Å². The Bertz CT molecular complexity index is 723. The van der Waals surface area contributed by atoms with Crippen LogP contribution in [0.3, 0.4) is 0 Å². The van der Waals surface area contributed by atoms with Crippen molar-refractivity contribution in [1.29, 1.82) is 0 Å². The van der Waals surface area contributed by atoms with Gasteiger partial charge in [0.2, 0.25) is 5.91 Å². The maximum absolute atomic E-state index is 12.1. The van der Waals surface area contributed by atoms with Gasteiger partial charge in [-0.2, -0.15) is 0 Å². The van der Waals surface area contributed by atoms with Gasteiger partial charge in [-0.25, -0.2) is 0 Å². The van der Waals surface area contributed by atoms with Crippen LogP contribution in [0.15, 0.2) is 53.5 Å². The Morgan fingerprint density at radius 2 is 1.82 bits per heavy atom. The summed E-state index contributed by atoms with van der Waals surface area (Å²) in [5.41, 5.74) is 0.834. The molecule has 1 heterocycles. The van der Waals surface area contributed by atoms with Crippen molar-refractivity contribution in [3.8, 4) is 5.69 Å². The van der Waals surface area contributed by atoms with Crippen molar-refractivity contribution < 1.29 is 9.59 Å². The average Bonchev–Trinajstić information content (AvgIpc) is 2.55. The quantitative estimate of drug-likeness (QED) is 0.853. The number of hydrogen-bond donors (Lipinski definition) is 2. The van der Waals surface area contributed by atoms with E-state index in [1.807, 2.05) is 18.2 Å². The average molecular weight is 299 g/mol. The number of nitrogens with one attached hydrogen (secondary N) is 2. The number of amides is 2. The van der Waals surface area contributed by atoms with E-state index in [9.17, 15) is 14.4 Å². The molecule has 2 N–H and O–H groups in total. The third-order valence-corrected chi connectivity index (χ3v) is 3.12. The Morgan fingerprint density at radius 1 is 1.09 bits per heavy atom. The molecule has 0 aliphatic carbocycles. The van der Waals surface area contributed by atoms with Gasteiger partial charge in [0.15, 0.2) is 0 Å². The van der Waals surface area contributed by atoms with Crippen LogP contribution < -0.4 is 16.2 Å². The lowest BCUT2D eigenvalue weighted by Gasteiger charge is -2.09. The van der Waals surface area contributed by atoms with E-state index in [0.717, 1.165) is 0 Å². The van der Waals surface area contributed by atoms with Crippen molar-refractivity contribution in [2.75, 3.05) is 13.6 Å². The van der Waals surface area contributed by atoms with Crippen LogP contribution in [0.5, 0.6) is 0 Å². The van der Waals surface area contributed by atoms with Gasteiger partial charge in [0.1, 0.15) is 0 Å². The third kappa shape index (κ3) is 3.82. The van der Waals surface area contributed by atoms with Crippen LogP contribution in [0.4, 0.5) is 0 Å². The van der Waals surface area contributed by atoms with Crippen LogP contribution in [0.2, 0.25) is 0 Å². The molecule has 0 aliphatic heterocycles. The highest BCUT2D eigenvalue weighted by atomic mass is 16.2. The second kappa shape index (κ2) is 7.21. The highest BCUT2D eigenvalue weighted by Crippen LogP contribution is 2.05. The Hall–Kier alpha value is -2.89. The number of hydrogen-bond acceptors (Lipinski definition) is 3. The number of para-hydroxylation sites is 1. The number of benzene rings is 1. The Kier molecular flexibility index (Phi) is 5.08. The number of aromatic nitrogens is 1. The highest BCUT2D eigenvalue weighted by Gasteiger charge is 2.09. The fourth-order valence-corrected chi connectivity index (χ4v) is 1.93. The zero-order valence-electron chi connectivity index (χ0n) is 12.2. The van der Waals surface area contributed by atoms with Gasteiger partial charge < -0.3 is 10.6 Å². The predicted molar refractivity (Wildman–Crippen MR) is 83.1 cm³/mol. The van der Waals surface area contributed by atoms with Gasteiger partial charge in [0.05, 0.1) is 5.56 Å². The molecular formula is C16H17N3O3. The van der Waals surface area contributed by atoms with Gasteiger partial charge >= 0.3 is 0 Å². The molecule has 0 fully saturated rings. The van der Waals surface area contributed by atoms with E-state index in [-0.39, 0.29) is 30.3 Å². The summed E-state index contributed by atoms with van der Waals surface area (Å²) in [6, 6.07) is 11.9. The molecule has 0 atom stereocenters. The normalized spacial score (nSPS) is 10.0. The summed E-state index contributed by atoms with van der Waals surface area (Å²) in [4.78, 5) is 35.1. The molecule has 0 saturated carbocycles. The van der Waals surface area contributed by atoms with E-state index in [1.54, 1.807) is 19.2 Å². The maximum atomic E-state index is 12.1. The number of nitrogens with zero attached hydrogens (tertiary/aromatic N) is 1. The van der Waals surface area contributed by atoms with Gasteiger partial charge in [-0.1, -0.05) is 18.2 Å². The van der Waals surface area contributed by atoms with Gasteiger partial charge in [0, 0.05) is 38.0 Å². The van der Waals surface area contributed by atoms with Crippen molar-refractivity contribution in [2.24, 2.45) is 0 Å². The molecule has 22 heavy (non-hydrogen) atoms. The standard InChI is InChI=1S/C16H17N3O3/c1-17-14(20)9-10-18-16(22)12-7-8-15(21)19(11-12)13-5-3-2-4-6-13/h2-8,11H,9-10H2,1H3,(H,17,20)(H,18,22). The van der Waals surface area contributed by atoms with Crippen LogP contribution >= 0.6 is 0 Å². The van der Waals surface area contributed by atoms with E-state index in [4.69, 9.17) is 0 Å². The van der Waals surface area contributed by atoms with Crippen molar-refractivity contribution in [3.05, 3.63) is 64.6 Å². The second-order valence-electron chi connectivity index (χ2n) is 4.64. The lowest BCUT2D eigenvalue weighted by atomic mass is 10.2. The molecule has 0 radical (unpaired) electrons. The van der Waals surface area contributed by atoms with E-state index < -0.39 is 0 Å². The highest BCUT2D eigenvalue weighted by molar-refractivity contribution is 5.94. The summed E-state index contributed by atoms with van der Waals surface area (Å²) in [6.45, 7) is 0.239. The van der Waals surface area contributed by atoms with E-state index in [0.29, 0.717) is 11.3 Å². The first-order valence-electron chi connectivity index (χ1n) is 6.88. The molecule has 2 aromatic rings. The molecular weight excluding hydrogens is 282 g/mol. The zero-order valence-corrected chi connectivity index (χ0v) is 12.2. The van der Waals surface area contributed by atoms with E-state index in [2.05, 4.69) is 10.6 Å². The van der Waals surface area contributed by atoms with Gasteiger partial charge in [-0.15, -0.1) is 0 Å². The van der Waals surface area contributed by atoms with Crippen LogP contribution in [-0.2, 0) is 4.79 Å². The molecule has 1 aromatic heterocycles. The van der Waals surface area contributed by atoms with Crippen LogP contribution in [0.1, 0.15) is 16.8 Å². The number of carbonyl (C=O) groups excluding carboxylic acids is 2. The molecule has 0 aliphatic rings. The minimum absolute atomic E-state index is 0.144. The smallest absolute Gasteiger partial charge is 0.255 e. The van der Waals surface area contributed by atoms with Crippen LogP contribution in [-0.4, -0.2) is 30.0 Å². The fourth-order valence-electron chi connectivity index (χ4n) is 1.93. The summed E-state index contributed by atoms with van der Waals surface area (Å²) in [7, 11) is 1.54. The Balaban J connectivity index is 2.14. The monoisotopic (exact) mass is 299 g/mol. The molecule has 0 spiro atoms. The number of pyridine rings is 1. The van der Waals surface area contributed by atoms with Crippen molar-refractivity contribution in [2.45, 2.75) is 6.42 Å². The largest absolute Gasteiger partial charge is 0.359 e. The first-order valence-corrected chi connectivity index (χ1v) is 6.88. The Morgan fingerprint density at radius 3 is 2.50 bits per heavy atom. The SMILES string of the molecule is CNC(=O)CCNC(=O)c1ccc(=O)n(-c2ccccc2)c1. The summed E-state index contributed by atoms with van der Waals surface area (Å²) in [5.74, 6) is -0.469. The molecule has 0 bridgehead atoms. The summed E-state index contributed by atoms with van der Waals surface area (Å²) < 4.78 is 1.41. The molecule has 0 saturated heterocycles. The molecule has 2 amide bonds. The van der Waals surface area contributed by atoms with Crippen molar-refractivity contribution in [3.63, 3.8) is 0 Å². The van der Waals surface area contributed by atoms with Crippen LogP contribution in [0.25, 0.3) is 5.69 Å². The van der Waals surface area contributed by atoms with E-state index in [1.165, 1.54) is 22.9 Å². The minimum Gasteiger partial charge on any atom is -0.359 e. The first kappa shape index (κ1) is 15.5. The van der Waals surface area contributed by atoms with Crippen LogP contribution in [0, 0.1) is 0 Å². The summed E-state index contributed by atoms with van der Waals surface area (Å²) >= 11 is 0. The topological polar surface area (TPSA) is 80.2 Å². The summed E-state index contributed by atoms with van der Waals surface area (Å²) in [5, 5.41) is 5.13. The Labute approximate surface area is 127 Å². The predicted octanol–water partition coefficient (Wildman–Crippen LogP) is 0.703. The van der Waals surface area contributed by atoms with Gasteiger partial charge in [-0.3, -0.25) is 19.0 Å². The molecule has 2 rings (SSSR count). The number of carbonyl (C=O) groups is 2. The van der Waals surface area contributed by atoms with Crippen molar-refractivity contribution in [1.82, 2.24) is 15.2 Å². The molecule has 6 nitrogen and oxygen atoms in total. The van der Waals surface area contributed by atoms with Gasteiger partial charge in [0.25, 0.3) is 11.5 Å². The first-order chi connectivity index (χ1) is 10.6. The number of rotatable bonds is 5. The second-order valence-corrected chi connectivity index (χ2v) is 4.64. The van der Waals surface area contributed by atoms with E-state index >= 15 is 0 Å².